The Morgan fingerprint density at radius 3 is 2.50 bits per heavy atom. The third kappa shape index (κ3) is 7.74. The lowest BCUT2D eigenvalue weighted by Crippen LogP contribution is -2.12. The van der Waals surface area contributed by atoms with Gasteiger partial charge in [0.2, 0.25) is 0 Å². The van der Waals surface area contributed by atoms with Gasteiger partial charge in [0.15, 0.2) is 0 Å². The largest absolute Gasteiger partial charge is 0.309 e. The standard InChI is InChI=1S/C12H20FN/c1-5-12(13)9-8-11(2)7-6-10-14(3)4/h5,8-9H,2,6-7,10H2,1,3-4H3/b9-8-,12-5+. The molecule has 2 heteroatoms. The molecule has 0 saturated carbocycles. The molecule has 0 aliphatic heterocycles. The van der Waals surface area contributed by atoms with E-state index in [2.05, 4.69) is 11.5 Å². The van der Waals surface area contributed by atoms with Gasteiger partial charge in [-0.3, -0.25) is 0 Å². The lowest BCUT2D eigenvalue weighted by molar-refractivity contribution is 0.401. The quantitative estimate of drug-likeness (QED) is 0.590. The van der Waals surface area contributed by atoms with Gasteiger partial charge in [0.05, 0.1) is 0 Å². The fourth-order valence-corrected chi connectivity index (χ4v) is 0.999. The molecule has 0 bridgehead atoms. The van der Waals surface area contributed by atoms with Gasteiger partial charge in [-0.05, 0) is 46.5 Å². The molecule has 0 spiro atoms. The molecular weight excluding hydrogens is 177 g/mol. The van der Waals surface area contributed by atoms with Gasteiger partial charge in [0.25, 0.3) is 0 Å². The molecule has 0 aromatic carbocycles. The number of rotatable bonds is 6. The molecule has 0 unspecified atom stereocenters. The van der Waals surface area contributed by atoms with Crippen LogP contribution in [0.2, 0.25) is 0 Å². The van der Waals surface area contributed by atoms with E-state index < -0.39 is 0 Å². The Balaban J connectivity index is 3.71. The average Bonchev–Trinajstić information content (AvgIpc) is 2.13. The molecule has 0 N–H and O–H groups in total. The molecule has 0 radical (unpaired) electrons. The zero-order valence-electron chi connectivity index (χ0n) is 9.39. The average molecular weight is 197 g/mol. The van der Waals surface area contributed by atoms with Gasteiger partial charge >= 0.3 is 0 Å². The molecular formula is C12H20FN. The summed E-state index contributed by atoms with van der Waals surface area (Å²) < 4.78 is 12.7. The zero-order chi connectivity index (χ0) is 11.0. The van der Waals surface area contributed by atoms with Crippen LogP contribution in [-0.2, 0) is 0 Å². The summed E-state index contributed by atoms with van der Waals surface area (Å²) in [6, 6.07) is 0. The number of allylic oxidation sites excluding steroid dienone is 5. The van der Waals surface area contributed by atoms with Crippen LogP contribution in [0.5, 0.6) is 0 Å². The first-order valence-electron chi connectivity index (χ1n) is 4.88. The van der Waals surface area contributed by atoms with Crippen LogP contribution in [0, 0.1) is 0 Å². The van der Waals surface area contributed by atoms with Crippen LogP contribution >= 0.6 is 0 Å². The Hall–Kier alpha value is -0.890. The molecule has 0 atom stereocenters. The minimum absolute atomic E-state index is 0.209. The third-order valence-corrected chi connectivity index (χ3v) is 1.86. The van der Waals surface area contributed by atoms with E-state index in [1.165, 1.54) is 12.2 Å². The lowest BCUT2D eigenvalue weighted by Gasteiger charge is -2.08. The van der Waals surface area contributed by atoms with E-state index in [9.17, 15) is 4.39 Å². The number of hydrogen-bond acceptors (Lipinski definition) is 1. The number of nitrogens with zero attached hydrogens (tertiary/aromatic N) is 1. The minimum atomic E-state index is -0.209. The SMILES string of the molecule is C=C(/C=C\C(F)=C/C)CCCN(C)C. The fraction of sp³-hybridized carbons (Fsp3) is 0.500. The van der Waals surface area contributed by atoms with Crippen molar-refractivity contribution in [2.24, 2.45) is 0 Å². The second-order valence-corrected chi connectivity index (χ2v) is 3.57. The topological polar surface area (TPSA) is 3.24 Å². The van der Waals surface area contributed by atoms with Crippen molar-refractivity contribution in [3.8, 4) is 0 Å². The van der Waals surface area contributed by atoms with Crippen LogP contribution in [0.3, 0.4) is 0 Å². The zero-order valence-corrected chi connectivity index (χ0v) is 9.39. The molecule has 0 aromatic heterocycles. The predicted octanol–water partition coefficient (Wildman–Crippen LogP) is 3.31. The highest BCUT2D eigenvalue weighted by Crippen LogP contribution is 2.07. The van der Waals surface area contributed by atoms with Crippen molar-refractivity contribution < 1.29 is 4.39 Å². The Labute approximate surface area is 86.6 Å². The number of hydrogen-bond donors (Lipinski definition) is 0. The third-order valence-electron chi connectivity index (χ3n) is 1.86. The summed E-state index contributed by atoms with van der Waals surface area (Å²) >= 11 is 0. The molecule has 0 saturated heterocycles. The van der Waals surface area contributed by atoms with Crippen LogP contribution in [-0.4, -0.2) is 25.5 Å². The van der Waals surface area contributed by atoms with Crippen molar-refractivity contribution in [3.05, 3.63) is 36.2 Å². The van der Waals surface area contributed by atoms with E-state index >= 15 is 0 Å². The van der Waals surface area contributed by atoms with Crippen LogP contribution in [0.1, 0.15) is 19.8 Å². The molecule has 80 valence electrons. The van der Waals surface area contributed by atoms with Gasteiger partial charge in [0, 0.05) is 0 Å². The fourth-order valence-electron chi connectivity index (χ4n) is 0.999. The molecule has 0 fully saturated rings. The Kier molecular flexibility index (Phi) is 7.03. The highest BCUT2D eigenvalue weighted by molar-refractivity contribution is 5.21. The minimum Gasteiger partial charge on any atom is -0.309 e. The van der Waals surface area contributed by atoms with Crippen molar-refractivity contribution in [1.29, 1.82) is 0 Å². The summed E-state index contributed by atoms with van der Waals surface area (Å²) in [6.07, 6.45) is 6.62. The second kappa shape index (κ2) is 7.51. The Morgan fingerprint density at radius 1 is 1.36 bits per heavy atom. The molecule has 1 nitrogen and oxygen atoms in total. The molecule has 0 aliphatic rings. The summed E-state index contributed by atoms with van der Waals surface area (Å²) in [5.41, 5.74) is 0.976. The molecule has 0 heterocycles. The van der Waals surface area contributed by atoms with E-state index in [1.807, 2.05) is 14.1 Å². The summed E-state index contributed by atoms with van der Waals surface area (Å²) in [7, 11) is 4.08. The summed E-state index contributed by atoms with van der Waals surface area (Å²) in [5, 5.41) is 0. The van der Waals surface area contributed by atoms with Crippen molar-refractivity contribution in [2.75, 3.05) is 20.6 Å². The van der Waals surface area contributed by atoms with Crippen LogP contribution in [0.25, 0.3) is 0 Å². The highest BCUT2D eigenvalue weighted by atomic mass is 19.1. The smallest absolute Gasteiger partial charge is 0.118 e. The van der Waals surface area contributed by atoms with E-state index in [0.717, 1.165) is 25.0 Å². The maximum absolute atomic E-state index is 12.7. The van der Waals surface area contributed by atoms with Crippen molar-refractivity contribution in [2.45, 2.75) is 19.8 Å². The van der Waals surface area contributed by atoms with E-state index in [0.29, 0.717) is 0 Å². The van der Waals surface area contributed by atoms with E-state index in [1.54, 1.807) is 13.0 Å². The molecule has 0 rings (SSSR count). The predicted molar refractivity (Wildman–Crippen MR) is 60.9 cm³/mol. The van der Waals surface area contributed by atoms with Crippen LogP contribution in [0.15, 0.2) is 36.2 Å². The molecule has 0 amide bonds. The normalized spacial score (nSPS) is 12.8. The van der Waals surface area contributed by atoms with Gasteiger partial charge in [-0.2, -0.15) is 0 Å². The first kappa shape index (κ1) is 13.1. The van der Waals surface area contributed by atoms with Gasteiger partial charge in [-0.25, -0.2) is 4.39 Å². The van der Waals surface area contributed by atoms with Gasteiger partial charge in [0.1, 0.15) is 5.83 Å². The van der Waals surface area contributed by atoms with Gasteiger partial charge in [-0.15, -0.1) is 0 Å². The Morgan fingerprint density at radius 2 is 2.00 bits per heavy atom. The first-order valence-corrected chi connectivity index (χ1v) is 4.88. The highest BCUT2D eigenvalue weighted by Gasteiger charge is 1.93. The van der Waals surface area contributed by atoms with Crippen LogP contribution < -0.4 is 0 Å². The van der Waals surface area contributed by atoms with Crippen molar-refractivity contribution in [3.63, 3.8) is 0 Å². The lowest BCUT2D eigenvalue weighted by atomic mass is 10.1. The van der Waals surface area contributed by atoms with Gasteiger partial charge in [-0.1, -0.05) is 24.3 Å². The van der Waals surface area contributed by atoms with E-state index in [-0.39, 0.29) is 5.83 Å². The number of halogens is 1. The Bertz CT molecular complexity index is 226. The van der Waals surface area contributed by atoms with Crippen LogP contribution in [0.4, 0.5) is 4.39 Å². The van der Waals surface area contributed by atoms with Crippen molar-refractivity contribution >= 4 is 0 Å². The molecule has 0 aromatic rings. The molecule has 14 heavy (non-hydrogen) atoms. The van der Waals surface area contributed by atoms with Crippen molar-refractivity contribution in [1.82, 2.24) is 4.90 Å². The van der Waals surface area contributed by atoms with E-state index in [4.69, 9.17) is 0 Å². The maximum Gasteiger partial charge on any atom is 0.118 e. The summed E-state index contributed by atoms with van der Waals surface area (Å²) in [4.78, 5) is 2.13. The maximum atomic E-state index is 12.7. The monoisotopic (exact) mass is 197 g/mol. The summed E-state index contributed by atoms with van der Waals surface area (Å²) in [6.45, 7) is 6.57. The second-order valence-electron chi connectivity index (χ2n) is 3.57. The molecule has 0 aliphatic carbocycles. The van der Waals surface area contributed by atoms with Gasteiger partial charge < -0.3 is 4.90 Å². The first-order chi connectivity index (χ1) is 6.56. The summed E-state index contributed by atoms with van der Waals surface area (Å²) in [5.74, 6) is -0.209.